The fourth-order valence-corrected chi connectivity index (χ4v) is 3.49. The number of carbonyl (C=O) groups is 2. The molecular weight excluding hydrogens is 413 g/mol. The monoisotopic (exact) mass is 441 g/mol. The lowest BCUT2D eigenvalue weighted by Gasteiger charge is -2.26. The zero-order chi connectivity index (χ0) is 23.6. The molecule has 0 spiro atoms. The summed E-state index contributed by atoms with van der Waals surface area (Å²) in [6, 6.07) is 3.45. The summed E-state index contributed by atoms with van der Waals surface area (Å²) in [5.41, 5.74) is 0.902. The molecule has 2 amide bonds. The van der Waals surface area contributed by atoms with Crippen molar-refractivity contribution < 1.29 is 19.1 Å². The Morgan fingerprint density at radius 3 is 2.72 bits per heavy atom. The van der Waals surface area contributed by atoms with Crippen LogP contribution in [0.3, 0.4) is 0 Å². The van der Waals surface area contributed by atoms with Gasteiger partial charge in [-0.15, -0.1) is 0 Å². The SMILES string of the molecule is CC(C)c1cc2c(cc1NC(=O)/C(C=N)=C1\N=CC=CN1)CN(C[C@@H](F)C(C)(C)O)C2=O. The van der Waals surface area contributed by atoms with Gasteiger partial charge in [0.15, 0.2) is 0 Å². The van der Waals surface area contributed by atoms with Crippen LogP contribution >= 0.6 is 0 Å². The summed E-state index contributed by atoms with van der Waals surface area (Å²) < 4.78 is 14.4. The number of benzene rings is 1. The van der Waals surface area contributed by atoms with Gasteiger partial charge in [0.05, 0.1) is 17.7 Å². The third kappa shape index (κ3) is 4.77. The Balaban J connectivity index is 1.90. The van der Waals surface area contributed by atoms with Crippen LogP contribution in [-0.4, -0.2) is 52.6 Å². The van der Waals surface area contributed by atoms with Crippen LogP contribution < -0.4 is 10.6 Å². The van der Waals surface area contributed by atoms with Crippen LogP contribution in [0.2, 0.25) is 0 Å². The molecule has 0 radical (unpaired) electrons. The standard InChI is InChI=1S/C23H28FN5O3/c1-13(2)15-9-16-14(11-29(22(16)31)12-19(24)23(3,4)32)8-18(15)28-21(30)17(10-25)20-26-6-5-7-27-20/h5-10,13,19,25-26,32H,11-12H2,1-4H3,(H,28,30)/b20-17-,25-10?/t19-/m1/s1. The van der Waals surface area contributed by atoms with Crippen molar-refractivity contribution in [3.8, 4) is 0 Å². The van der Waals surface area contributed by atoms with Crippen LogP contribution in [0.1, 0.15) is 55.1 Å². The molecule has 32 heavy (non-hydrogen) atoms. The van der Waals surface area contributed by atoms with Crippen LogP contribution in [0, 0.1) is 5.41 Å². The van der Waals surface area contributed by atoms with E-state index in [1.165, 1.54) is 25.0 Å². The van der Waals surface area contributed by atoms with Crippen molar-refractivity contribution in [2.75, 3.05) is 11.9 Å². The van der Waals surface area contributed by atoms with E-state index in [1.54, 1.807) is 24.4 Å². The van der Waals surface area contributed by atoms with Crippen LogP contribution in [-0.2, 0) is 11.3 Å². The summed E-state index contributed by atoms with van der Waals surface area (Å²) in [5, 5.41) is 23.2. The van der Waals surface area contributed by atoms with E-state index < -0.39 is 17.7 Å². The molecular formula is C23H28FN5O3. The summed E-state index contributed by atoms with van der Waals surface area (Å²) in [4.78, 5) is 31.2. The van der Waals surface area contributed by atoms with E-state index in [2.05, 4.69) is 15.6 Å². The molecule has 1 aromatic carbocycles. The van der Waals surface area contributed by atoms with Gasteiger partial charge in [-0.1, -0.05) is 13.8 Å². The molecule has 0 saturated carbocycles. The van der Waals surface area contributed by atoms with Crippen LogP contribution in [0.25, 0.3) is 0 Å². The molecule has 0 aliphatic carbocycles. The number of anilines is 1. The normalized spacial score (nSPS) is 17.8. The number of rotatable bonds is 7. The number of halogens is 1. The lowest BCUT2D eigenvalue weighted by molar-refractivity contribution is -0.112. The molecule has 3 rings (SSSR count). The molecule has 2 aliphatic heterocycles. The number of alkyl halides is 1. The van der Waals surface area contributed by atoms with E-state index in [0.717, 1.165) is 11.8 Å². The van der Waals surface area contributed by atoms with E-state index in [0.29, 0.717) is 16.8 Å². The topological polar surface area (TPSA) is 118 Å². The summed E-state index contributed by atoms with van der Waals surface area (Å²) >= 11 is 0. The summed E-state index contributed by atoms with van der Waals surface area (Å²) in [7, 11) is 0. The Morgan fingerprint density at radius 2 is 2.16 bits per heavy atom. The van der Waals surface area contributed by atoms with E-state index in [-0.39, 0.29) is 36.3 Å². The van der Waals surface area contributed by atoms with Crippen molar-refractivity contribution in [2.24, 2.45) is 4.99 Å². The first-order valence-electron chi connectivity index (χ1n) is 10.4. The second kappa shape index (κ2) is 9.04. The summed E-state index contributed by atoms with van der Waals surface area (Å²) in [6.45, 7) is 6.57. The van der Waals surface area contributed by atoms with Crippen molar-refractivity contribution >= 4 is 29.9 Å². The molecule has 2 aliphatic rings. The van der Waals surface area contributed by atoms with Gasteiger partial charge in [-0.3, -0.25) is 9.59 Å². The van der Waals surface area contributed by atoms with Gasteiger partial charge in [0.1, 0.15) is 12.0 Å². The number of fused-ring (bicyclic) bond motifs is 1. The number of hydrogen-bond acceptors (Lipinski definition) is 6. The Morgan fingerprint density at radius 1 is 1.44 bits per heavy atom. The maximum absolute atomic E-state index is 14.4. The van der Waals surface area contributed by atoms with E-state index in [1.807, 2.05) is 13.8 Å². The third-order valence-electron chi connectivity index (χ3n) is 5.42. The summed E-state index contributed by atoms with van der Waals surface area (Å²) in [5.74, 6) is -0.563. The highest BCUT2D eigenvalue weighted by Gasteiger charge is 2.35. The molecule has 8 nitrogen and oxygen atoms in total. The number of carbonyl (C=O) groups excluding carboxylic acids is 2. The van der Waals surface area contributed by atoms with Crippen molar-refractivity contribution in [1.29, 1.82) is 5.41 Å². The van der Waals surface area contributed by atoms with E-state index in [4.69, 9.17) is 5.41 Å². The van der Waals surface area contributed by atoms with Gasteiger partial charge in [-0.2, -0.15) is 0 Å². The zero-order valence-corrected chi connectivity index (χ0v) is 18.6. The number of nitrogens with one attached hydrogen (secondary N) is 3. The predicted molar refractivity (Wildman–Crippen MR) is 122 cm³/mol. The van der Waals surface area contributed by atoms with Crippen molar-refractivity contribution in [1.82, 2.24) is 10.2 Å². The highest BCUT2D eigenvalue weighted by atomic mass is 19.1. The zero-order valence-electron chi connectivity index (χ0n) is 18.6. The van der Waals surface area contributed by atoms with E-state index >= 15 is 0 Å². The molecule has 0 saturated heterocycles. The van der Waals surface area contributed by atoms with Crippen molar-refractivity contribution in [2.45, 2.75) is 51.9 Å². The first-order chi connectivity index (χ1) is 15.0. The largest absolute Gasteiger partial charge is 0.387 e. The Hall–Kier alpha value is -3.33. The van der Waals surface area contributed by atoms with Gasteiger partial charge < -0.3 is 26.0 Å². The first kappa shape index (κ1) is 23.3. The molecule has 2 heterocycles. The maximum atomic E-state index is 14.4. The molecule has 9 heteroatoms. The molecule has 0 aromatic heterocycles. The molecule has 1 aromatic rings. The Bertz CT molecular complexity index is 1040. The minimum Gasteiger partial charge on any atom is -0.387 e. The van der Waals surface area contributed by atoms with Gasteiger partial charge in [-0.25, -0.2) is 9.38 Å². The van der Waals surface area contributed by atoms with Gasteiger partial charge in [0.2, 0.25) is 0 Å². The number of aliphatic hydroxyl groups is 1. The molecule has 170 valence electrons. The Labute approximate surface area is 186 Å². The van der Waals surface area contributed by atoms with E-state index in [9.17, 15) is 19.1 Å². The maximum Gasteiger partial charge on any atom is 0.260 e. The van der Waals surface area contributed by atoms with Crippen molar-refractivity contribution in [3.05, 3.63) is 52.5 Å². The number of allylic oxidation sites excluding steroid dienone is 1. The van der Waals surface area contributed by atoms with Gasteiger partial charge in [0, 0.05) is 36.4 Å². The smallest absolute Gasteiger partial charge is 0.260 e. The molecule has 0 fully saturated rings. The van der Waals surface area contributed by atoms with Gasteiger partial charge in [0.25, 0.3) is 11.8 Å². The molecule has 1 atom stereocenters. The minimum absolute atomic E-state index is 0.00686. The fraction of sp³-hybridized carbons (Fsp3) is 0.391. The second-order valence-electron chi connectivity index (χ2n) is 8.70. The number of hydrogen-bond donors (Lipinski definition) is 4. The number of nitrogens with zero attached hydrogens (tertiary/aromatic N) is 2. The average Bonchev–Trinajstić information content (AvgIpc) is 3.02. The van der Waals surface area contributed by atoms with Crippen LogP contribution in [0.4, 0.5) is 10.1 Å². The predicted octanol–water partition coefficient (Wildman–Crippen LogP) is 2.86. The number of aliphatic imine (C=N–C) groups is 1. The Kier molecular flexibility index (Phi) is 6.59. The first-order valence-corrected chi connectivity index (χ1v) is 10.4. The highest BCUT2D eigenvalue weighted by molar-refractivity contribution is 6.18. The highest BCUT2D eigenvalue weighted by Crippen LogP contribution is 2.33. The quantitative estimate of drug-likeness (QED) is 0.384. The lowest BCUT2D eigenvalue weighted by Crippen LogP contribution is -2.42. The lowest BCUT2D eigenvalue weighted by atomic mass is 9.95. The van der Waals surface area contributed by atoms with Gasteiger partial charge in [-0.05, 0) is 49.1 Å². The van der Waals surface area contributed by atoms with Crippen LogP contribution in [0.15, 0.2) is 40.8 Å². The average molecular weight is 442 g/mol. The fourth-order valence-electron chi connectivity index (χ4n) is 3.49. The molecule has 0 bridgehead atoms. The van der Waals surface area contributed by atoms with Crippen molar-refractivity contribution in [3.63, 3.8) is 0 Å². The third-order valence-corrected chi connectivity index (χ3v) is 5.42. The second-order valence-corrected chi connectivity index (χ2v) is 8.70. The molecule has 4 N–H and O–H groups in total. The van der Waals surface area contributed by atoms with Crippen LogP contribution in [0.5, 0.6) is 0 Å². The van der Waals surface area contributed by atoms with Gasteiger partial charge >= 0.3 is 0 Å². The summed E-state index contributed by atoms with van der Waals surface area (Å²) in [6.07, 6.45) is 4.14. The molecule has 0 unspecified atom stereocenters. The minimum atomic E-state index is -1.59. The number of amides is 2.